The third-order valence-electron chi connectivity index (χ3n) is 3.97. The average Bonchev–Trinajstić information content (AvgIpc) is 2.62. The summed E-state index contributed by atoms with van der Waals surface area (Å²) < 4.78 is 17.9. The molecule has 5 heteroatoms. The van der Waals surface area contributed by atoms with Crippen molar-refractivity contribution >= 4 is 11.9 Å². The van der Waals surface area contributed by atoms with Crippen LogP contribution >= 0.6 is 0 Å². The first-order chi connectivity index (χ1) is 11.9. The van der Waals surface area contributed by atoms with E-state index >= 15 is 0 Å². The van der Waals surface area contributed by atoms with E-state index in [1.807, 2.05) is 31.2 Å². The molecule has 1 amide bonds. The van der Waals surface area contributed by atoms with Crippen LogP contribution in [0.1, 0.15) is 28.4 Å². The van der Waals surface area contributed by atoms with Crippen molar-refractivity contribution in [2.24, 2.45) is 5.92 Å². The monoisotopic (exact) mass is 343 g/mol. The van der Waals surface area contributed by atoms with Gasteiger partial charge in [-0.3, -0.25) is 9.59 Å². The maximum absolute atomic E-state index is 13.1. The highest BCUT2D eigenvalue weighted by atomic mass is 19.1. The van der Waals surface area contributed by atoms with Crippen LogP contribution < -0.4 is 0 Å². The molecule has 4 nitrogen and oxygen atoms in total. The number of rotatable bonds is 6. The lowest BCUT2D eigenvalue weighted by Crippen LogP contribution is -2.36. The molecule has 25 heavy (non-hydrogen) atoms. The number of benzene rings is 2. The van der Waals surface area contributed by atoms with Crippen LogP contribution in [0.3, 0.4) is 0 Å². The molecule has 0 aliphatic carbocycles. The van der Waals surface area contributed by atoms with Gasteiger partial charge in [-0.05, 0) is 36.8 Å². The molecule has 0 heterocycles. The molecule has 0 fully saturated rings. The highest BCUT2D eigenvalue weighted by Gasteiger charge is 2.23. The first-order valence-electron chi connectivity index (χ1n) is 8.09. The highest BCUT2D eigenvalue weighted by Crippen LogP contribution is 2.14. The molecular weight excluding hydrogens is 321 g/mol. The van der Waals surface area contributed by atoms with Crippen molar-refractivity contribution in [3.63, 3.8) is 0 Å². The van der Waals surface area contributed by atoms with Crippen LogP contribution in [0.15, 0.2) is 48.5 Å². The molecule has 0 aliphatic heterocycles. The summed E-state index contributed by atoms with van der Waals surface area (Å²) in [5, 5.41) is 0. The molecule has 2 rings (SSSR count). The van der Waals surface area contributed by atoms with E-state index in [1.165, 1.54) is 31.4 Å². The number of ether oxygens (including phenoxy) is 1. The van der Waals surface area contributed by atoms with Gasteiger partial charge in [-0.2, -0.15) is 0 Å². The smallest absolute Gasteiger partial charge is 0.310 e. The number of methoxy groups -OCH3 is 1. The van der Waals surface area contributed by atoms with E-state index in [2.05, 4.69) is 0 Å². The Labute approximate surface area is 147 Å². The second-order valence-corrected chi connectivity index (χ2v) is 6.10. The summed E-state index contributed by atoms with van der Waals surface area (Å²) in [6.07, 6.45) is 0. The number of carbonyl (C=O) groups excluding carboxylic acids is 2. The molecule has 0 aliphatic rings. The summed E-state index contributed by atoms with van der Waals surface area (Å²) in [4.78, 5) is 26.1. The molecule has 0 saturated heterocycles. The third-order valence-corrected chi connectivity index (χ3v) is 3.97. The molecule has 0 radical (unpaired) electrons. The Balaban J connectivity index is 2.23. The van der Waals surface area contributed by atoms with Gasteiger partial charge >= 0.3 is 5.97 Å². The van der Waals surface area contributed by atoms with Crippen LogP contribution in [0.5, 0.6) is 0 Å². The van der Waals surface area contributed by atoms with Crippen molar-refractivity contribution in [3.05, 3.63) is 71.0 Å². The van der Waals surface area contributed by atoms with Crippen molar-refractivity contribution in [2.75, 3.05) is 13.7 Å². The largest absolute Gasteiger partial charge is 0.469 e. The Kier molecular flexibility index (Phi) is 6.28. The van der Waals surface area contributed by atoms with Crippen molar-refractivity contribution in [3.8, 4) is 0 Å². The van der Waals surface area contributed by atoms with Crippen molar-refractivity contribution in [2.45, 2.75) is 20.4 Å². The zero-order valence-electron chi connectivity index (χ0n) is 14.7. The Bertz CT molecular complexity index is 726. The van der Waals surface area contributed by atoms with E-state index in [4.69, 9.17) is 4.74 Å². The van der Waals surface area contributed by atoms with Gasteiger partial charge < -0.3 is 9.64 Å². The standard InChI is InChI=1S/C20H22FNO3/c1-14-4-6-16(7-5-14)13-22(12-15(2)20(24)25-3)19(23)17-8-10-18(21)11-9-17/h4-11,15H,12-13H2,1-3H3. The maximum Gasteiger partial charge on any atom is 0.310 e. The van der Waals surface area contributed by atoms with Crippen LogP contribution in [0, 0.1) is 18.7 Å². The van der Waals surface area contributed by atoms with Crippen LogP contribution in [-0.4, -0.2) is 30.4 Å². The number of nitrogens with zero attached hydrogens (tertiary/aromatic N) is 1. The van der Waals surface area contributed by atoms with E-state index in [1.54, 1.807) is 11.8 Å². The summed E-state index contributed by atoms with van der Waals surface area (Å²) >= 11 is 0. The summed E-state index contributed by atoms with van der Waals surface area (Å²) in [6, 6.07) is 13.2. The van der Waals surface area contributed by atoms with Crippen LogP contribution in [0.25, 0.3) is 0 Å². The first-order valence-corrected chi connectivity index (χ1v) is 8.09. The summed E-state index contributed by atoms with van der Waals surface area (Å²) in [7, 11) is 1.32. The van der Waals surface area contributed by atoms with Gasteiger partial charge in [0.1, 0.15) is 5.82 Å². The minimum Gasteiger partial charge on any atom is -0.469 e. The predicted octanol–water partition coefficient (Wildman–Crippen LogP) is 3.59. The van der Waals surface area contributed by atoms with Crippen molar-refractivity contribution in [1.29, 1.82) is 0 Å². The van der Waals surface area contributed by atoms with Crippen molar-refractivity contribution in [1.82, 2.24) is 4.90 Å². The van der Waals surface area contributed by atoms with Gasteiger partial charge in [-0.15, -0.1) is 0 Å². The lowest BCUT2D eigenvalue weighted by Gasteiger charge is -2.25. The van der Waals surface area contributed by atoms with Crippen LogP contribution in [0.4, 0.5) is 4.39 Å². The zero-order valence-corrected chi connectivity index (χ0v) is 14.7. The topological polar surface area (TPSA) is 46.6 Å². The lowest BCUT2D eigenvalue weighted by atomic mass is 10.1. The SMILES string of the molecule is COC(=O)C(C)CN(Cc1ccc(C)cc1)C(=O)c1ccc(F)cc1. The van der Waals surface area contributed by atoms with Gasteiger partial charge in [0.05, 0.1) is 13.0 Å². The van der Waals surface area contributed by atoms with Gasteiger partial charge in [-0.1, -0.05) is 36.8 Å². The Morgan fingerprint density at radius 2 is 1.68 bits per heavy atom. The molecule has 132 valence electrons. The fraction of sp³-hybridized carbons (Fsp3) is 0.300. The van der Waals surface area contributed by atoms with Gasteiger partial charge in [0.15, 0.2) is 0 Å². The second kappa shape index (κ2) is 8.42. The van der Waals surface area contributed by atoms with Crippen LogP contribution in [0.2, 0.25) is 0 Å². The van der Waals surface area contributed by atoms with E-state index in [-0.39, 0.29) is 18.4 Å². The van der Waals surface area contributed by atoms with Gasteiger partial charge in [-0.25, -0.2) is 4.39 Å². The number of halogens is 1. The molecule has 1 atom stereocenters. The lowest BCUT2D eigenvalue weighted by molar-refractivity contribution is -0.145. The average molecular weight is 343 g/mol. The Hall–Kier alpha value is -2.69. The van der Waals surface area contributed by atoms with E-state index in [9.17, 15) is 14.0 Å². The quantitative estimate of drug-likeness (QED) is 0.753. The summed E-state index contributed by atoms with van der Waals surface area (Å²) in [5.41, 5.74) is 2.46. The molecule has 2 aromatic carbocycles. The fourth-order valence-corrected chi connectivity index (χ4v) is 2.51. The number of hydrogen-bond acceptors (Lipinski definition) is 3. The normalized spacial score (nSPS) is 11.7. The fourth-order valence-electron chi connectivity index (χ4n) is 2.51. The molecule has 1 unspecified atom stereocenters. The van der Waals surface area contributed by atoms with E-state index in [0.717, 1.165) is 11.1 Å². The van der Waals surface area contributed by atoms with E-state index in [0.29, 0.717) is 12.1 Å². The molecule has 0 N–H and O–H groups in total. The van der Waals surface area contributed by atoms with Crippen LogP contribution in [-0.2, 0) is 16.1 Å². The Morgan fingerprint density at radius 1 is 1.08 bits per heavy atom. The van der Waals surface area contributed by atoms with E-state index < -0.39 is 11.7 Å². The zero-order chi connectivity index (χ0) is 18.4. The van der Waals surface area contributed by atoms with Gasteiger partial charge in [0.2, 0.25) is 0 Å². The van der Waals surface area contributed by atoms with Crippen molar-refractivity contribution < 1.29 is 18.7 Å². The number of esters is 1. The predicted molar refractivity (Wildman–Crippen MR) is 93.5 cm³/mol. The molecular formula is C20H22FNO3. The molecule has 0 aromatic heterocycles. The minimum atomic E-state index is -0.458. The third kappa shape index (κ3) is 5.14. The second-order valence-electron chi connectivity index (χ2n) is 6.10. The Morgan fingerprint density at radius 3 is 2.24 bits per heavy atom. The first kappa shape index (κ1) is 18.6. The molecule has 2 aromatic rings. The number of carbonyl (C=O) groups is 2. The van der Waals surface area contributed by atoms with Gasteiger partial charge in [0.25, 0.3) is 5.91 Å². The summed E-state index contributed by atoms with van der Waals surface area (Å²) in [6.45, 7) is 4.28. The molecule has 0 spiro atoms. The summed E-state index contributed by atoms with van der Waals surface area (Å²) in [5.74, 6) is -1.48. The number of hydrogen-bond donors (Lipinski definition) is 0. The molecule has 0 saturated carbocycles. The minimum absolute atomic E-state index is 0.219. The highest BCUT2D eigenvalue weighted by molar-refractivity contribution is 5.94. The molecule has 0 bridgehead atoms. The van der Waals surface area contributed by atoms with Gasteiger partial charge in [0, 0.05) is 18.7 Å². The number of amides is 1. The maximum atomic E-state index is 13.1. The number of aryl methyl sites for hydroxylation is 1.